The number of hydrogen-bond acceptors (Lipinski definition) is 4. The van der Waals surface area contributed by atoms with Crippen LogP contribution in [-0.2, 0) is 19.1 Å². The maximum Gasteiger partial charge on any atom is 0.331 e. The molecule has 0 radical (unpaired) electrons. The molecular formula is C13H21NO5. The Morgan fingerprint density at radius 3 is 2.53 bits per heavy atom. The van der Waals surface area contributed by atoms with Crippen molar-refractivity contribution < 1.29 is 24.2 Å². The normalized spacial score (nSPS) is 10.4. The lowest BCUT2D eigenvalue weighted by atomic mass is 10.1. The molecule has 0 atom stereocenters. The van der Waals surface area contributed by atoms with Gasteiger partial charge in [0.05, 0.1) is 6.54 Å². The van der Waals surface area contributed by atoms with Crippen LogP contribution in [0.15, 0.2) is 12.2 Å². The Labute approximate surface area is 112 Å². The van der Waals surface area contributed by atoms with E-state index >= 15 is 0 Å². The fourth-order valence-corrected chi connectivity index (χ4v) is 1.33. The lowest BCUT2D eigenvalue weighted by Gasteiger charge is -2.05. The summed E-state index contributed by atoms with van der Waals surface area (Å²) in [6.45, 7) is 2.37. The number of ether oxygens (including phenoxy) is 1. The van der Waals surface area contributed by atoms with E-state index in [-0.39, 0.29) is 19.1 Å². The van der Waals surface area contributed by atoms with Crippen LogP contribution in [0.2, 0.25) is 0 Å². The zero-order valence-corrected chi connectivity index (χ0v) is 11.2. The molecule has 108 valence electrons. The van der Waals surface area contributed by atoms with Crippen molar-refractivity contribution in [1.82, 2.24) is 5.32 Å². The molecule has 0 saturated heterocycles. The summed E-state index contributed by atoms with van der Waals surface area (Å²) in [5.74, 6) is -2.01. The summed E-state index contributed by atoms with van der Waals surface area (Å²) in [4.78, 5) is 32.4. The van der Waals surface area contributed by atoms with Crippen molar-refractivity contribution in [3.8, 4) is 0 Å². The lowest BCUT2D eigenvalue weighted by Crippen LogP contribution is -2.27. The Morgan fingerprint density at radius 1 is 1.16 bits per heavy atom. The Balaban J connectivity index is 3.50. The van der Waals surface area contributed by atoms with Gasteiger partial charge in [0.2, 0.25) is 5.91 Å². The maximum atomic E-state index is 11.3. The SMILES string of the molecule is CCCCCCC(=O)NCCOC(=O)/C=C/C(=O)O. The van der Waals surface area contributed by atoms with E-state index in [1.165, 1.54) is 0 Å². The molecule has 0 rings (SSSR count). The molecule has 0 fully saturated rings. The molecule has 19 heavy (non-hydrogen) atoms. The van der Waals surface area contributed by atoms with Crippen LogP contribution >= 0.6 is 0 Å². The summed E-state index contributed by atoms with van der Waals surface area (Å²) >= 11 is 0. The number of nitrogens with one attached hydrogen (secondary N) is 1. The quantitative estimate of drug-likeness (QED) is 0.354. The highest BCUT2D eigenvalue weighted by Gasteiger charge is 2.02. The number of carbonyl (C=O) groups is 3. The second-order valence-corrected chi connectivity index (χ2v) is 4.00. The van der Waals surface area contributed by atoms with Crippen LogP contribution in [-0.4, -0.2) is 36.1 Å². The summed E-state index contributed by atoms with van der Waals surface area (Å²) in [6, 6.07) is 0. The van der Waals surface area contributed by atoms with Crippen LogP contribution in [0.3, 0.4) is 0 Å². The van der Waals surface area contributed by atoms with Crippen LogP contribution in [0.5, 0.6) is 0 Å². The van der Waals surface area contributed by atoms with Crippen molar-refractivity contribution in [2.45, 2.75) is 39.0 Å². The fourth-order valence-electron chi connectivity index (χ4n) is 1.33. The molecule has 2 N–H and O–H groups in total. The van der Waals surface area contributed by atoms with Crippen molar-refractivity contribution in [2.75, 3.05) is 13.2 Å². The maximum absolute atomic E-state index is 11.3. The average molecular weight is 271 g/mol. The highest BCUT2D eigenvalue weighted by molar-refractivity contribution is 5.90. The standard InChI is InChI=1S/C13H21NO5/c1-2-3-4-5-6-11(15)14-9-10-19-13(18)8-7-12(16)17/h7-8H,2-6,9-10H2,1H3,(H,14,15)(H,16,17)/b8-7+. The highest BCUT2D eigenvalue weighted by Crippen LogP contribution is 2.01. The number of unbranched alkanes of at least 4 members (excludes halogenated alkanes) is 3. The monoisotopic (exact) mass is 271 g/mol. The summed E-state index contributed by atoms with van der Waals surface area (Å²) < 4.78 is 4.68. The van der Waals surface area contributed by atoms with Crippen LogP contribution in [0.25, 0.3) is 0 Å². The third-order valence-electron chi connectivity index (χ3n) is 2.29. The van der Waals surface area contributed by atoms with Gasteiger partial charge >= 0.3 is 11.9 Å². The average Bonchev–Trinajstić information content (AvgIpc) is 2.37. The molecular weight excluding hydrogens is 250 g/mol. The molecule has 0 heterocycles. The van der Waals surface area contributed by atoms with Gasteiger partial charge in [0.25, 0.3) is 0 Å². The molecule has 0 aromatic heterocycles. The number of carboxylic acids is 1. The Morgan fingerprint density at radius 2 is 1.89 bits per heavy atom. The molecule has 1 amide bonds. The zero-order chi connectivity index (χ0) is 14.5. The lowest BCUT2D eigenvalue weighted by molar-refractivity contribution is -0.139. The molecule has 0 aromatic rings. The molecule has 0 aliphatic carbocycles. The summed E-state index contributed by atoms with van der Waals surface area (Å²) in [7, 11) is 0. The molecule has 6 nitrogen and oxygen atoms in total. The molecule has 0 bridgehead atoms. The van der Waals surface area contributed by atoms with Gasteiger partial charge in [0.1, 0.15) is 6.61 Å². The second-order valence-electron chi connectivity index (χ2n) is 4.00. The Bertz CT molecular complexity index is 325. The summed E-state index contributed by atoms with van der Waals surface area (Å²) in [5, 5.41) is 10.9. The largest absolute Gasteiger partial charge is 0.478 e. The Hall–Kier alpha value is -1.85. The van der Waals surface area contributed by atoms with Gasteiger partial charge in [-0.25, -0.2) is 9.59 Å². The predicted octanol–water partition coefficient (Wildman–Crippen LogP) is 1.26. The smallest absolute Gasteiger partial charge is 0.331 e. The van der Waals surface area contributed by atoms with Crippen molar-refractivity contribution >= 4 is 17.8 Å². The molecule has 0 saturated carbocycles. The molecule has 6 heteroatoms. The van der Waals surface area contributed by atoms with Crippen molar-refractivity contribution in [3.05, 3.63) is 12.2 Å². The van der Waals surface area contributed by atoms with Crippen LogP contribution in [0.4, 0.5) is 0 Å². The molecule has 0 aromatic carbocycles. The van der Waals surface area contributed by atoms with Gasteiger partial charge in [0.15, 0.2) is 0 Å². The third-order valence-corrected chi connectivity index (χ3v) is 2.29. The van der Waals surface area contributed by atoms with E-state index in [9.17, 15) is 14.4 Å². The van der Waals surface area contributed by atoms with E-state index in [4.69, 9.17) is 5.11 Å². The number of esters is 1. The number of hydrogen-bond donors (Lipinski definition) is 2. The zero-order valence-electron chi connectivity index (χ0n) is 11.2. The number of rotatable bonds is 10. The first-order chi connectivity index (χ1) is 9.06. The summed E-state index contributed by atoms with van der Waals surface area (Å²) in [5.41, 5.74) is 0. The van der Waals surface area contributed by atoms with Crippen LogP contribution in [0.1, 0.15) is 39.0 Å². The van der Waals surface area contributed by atoms with E-state index in [1.807, 2.05) is 0 Å². The molecule has 0 aliphatic rings. The number of carboxylic acid groups (broad SMARTS) is 1. The topological polar surface area (TPSA) is 92.7 Å². The van der Waals surface area contributed by atoms with E-state index < -0.39 is 11.9 Å². The van der Waals surface area contributed by atoms with Crippen LogP contribution in [0, 0.1) is 0 Å². The first kappa shape index (κ1) is 17.2. The number of carbonyl (C=O) groups excluding carboxylic acids is 2. The van der Waals surface area contributed by atoms with Gasteiger partial charge in [-0.05, 0) is 6.42 Å². The first-order valence-electron chi connectivity index (χ1n) is 6.40. The van der Waals surface area contributed by atoms with E-state index in [0.717, 1.165) is 31.8 Å². The van der Waals surface area contributed by atoms with Gasteiger partial charge < -0.3 is 15.2 Å². The second kappa shape index (κ2) is 11.3. The first-order valence-corrected chi connectivity index (χ1v) is 6.40. The fraction of sp³-hybridized carbons (Fsp3) is 0.615. The number of amides is 1. The minimum absolute atomic E-state index is 0.0312. The van der Waals surface area contributed by atoms with E-state index in [2.05, 4.69) is 17.0 Å². The number of aliphatic carboxylic acids is 1. The van der Waals surface area contributed by atoms with E-state index in [0.29, 0.717) is 12.5 Å². The molecule has 0 unspecified atom stereocenters. The van der Waals surface area contributed by atoms with Gasteiger partial charge in [0, 0.05) is 18.6 Å². The van der Waals surface area contributed by atoms with Gasteiger partial charge in [-0.3, -0.25) is 4.79 Å². The minimum Gasteiger partial charge on any atom is -0.478 e. The van der Waals surface area contributed by atoms with E-state index in [1.54, 1.807) is 0 Å². The summed E-state index contributed by atoms with van der Waals surface area (Å²) in [6.07, 6.45) is 6.17. The third kappa shape index (κ3) is 12.4. The van der Waals surface area contributed by atoms with Crippen LogP contribution < -0.4 is 5.32 Å². The predicted molar refractivity (Wildman–Crippen MR) is 69.5 cm³/mol. The van der Waals surface area contributed by atoms with Gasteiger partial charge in [-0.1, -0.05) is 26.2 Å². The Kier molecular flexibility index (Phi) is 10.2. The van der Waals surface area contributed by atoms with Crippen molar-refractivity contribution in [1.29, 1.82) is 0 Å². The van der Waals surface area contributed by atoms with Gasteiger partial charge in [-0.15, -0.1) is 0 Å². The minimum atomic E-state index is -1.21. The van der Waals surface area contributed by atoms with Gasteiger partial charge in [-0.2, -0.15) is 0 Å². The van der Waals surface area contributed by atoms with Crippen molar-refractivity contribution in [2.24, 2.45) is 0 Å². The highest BCUT2D eigenvalue weighted by atomic mass is 16.5. The molecule has 0 aliphatic heterocycles. The molecule has 0 spiro atoms. The van der Waals surface area contributed by atoms with Crippen molar-refractivity contribution in [3.63, 3.8) is 0 Å².